The molecule has 2 aromatic rings. The first-order valence-electron chi connectivity index (χ1n) is 4.87. The van der Waals surface area contributed by atoms with E-state index in [1.165, 1.54) is 0 Å². The Hall–Kier alpha value is -1.89. The molecule has 0 saturated heterocycles. The van der Waals surface area contributed by atoms with Gasteiger partial charge >= 0.3 is 0 Å². The van der Waals surface area contributed by atoms with E-state index in [9.17, 15) is 8.78 Å². The van der Waals surface area contributed by atoms with Crippen molar-refractivity contribution in [1.82, 2.24) is 15.1 Å². The molecular weight excluding hydrogens is 232 g/mol. The van der Waals surface area contributed by atoms with Crippen LogP contribution in [0.3, 0.4) is 0 Å². The van der Waals surface area contributed by atoms with E-state index in [1.807, 2.05) is 0 Å². The van der Waals surface area contributed by atoms with E-state index in [0.717, 1.165) is 0 Å². The highest BCUT2D eigenvalue weighted by Gasteiger charge is 2.21. The number of alkyl halides is 2. The van der Waals surface area contributed by atoms with Crippen LogP contribution in [0.4, 0.5) is 8.78 Å². The molecule has 1 unspecified atom stereocenters. The molecule has 0 radical (unpaired) electrons. The molecule has 7 heteroatoms. The van der Waals surface area contributed by atoms with Gasteiger partial charge in [0.15, 0.2) is 0 Å². The van der Waals surface area contributed by atoms with Crippen molar-refractivity contribution in [1.29, 1.82) is 0 Å². The van der Waals surface area contributed by atoms with Gasteiger partial charge in [0, 0.05) is 6.20 Å². The maximum absolute atomic E-state index is 12.1. The fourth-order valence-electron chi connectivity index (χ4n) is 1.20. The van der Waals surface area contributed by atoms with E-state index in [2.05, 4.69) is 15.1 Å². The number of nitrogens with zero attached hydrogens (tertiary/aromatic N) is 3. The summed E-state index contributed by atoms with van der Waals surface area (Å²) in [5.74, 6) is 0.167. The normalized spacial score (nSPS) is 12.9. The molecule has 1 atom stereocenters. The predicted molar refractivity (Wildman–Crippen MR) is 53.2 cm³/mol. The first-order valence-corrected chi connectivity index (χ1v) is 4.87. The van der Waals surface area contributed by atoms with Gasteiger partial charge in [-0.15, -0.1) is 0 Å². The maximum atomic E-state index is 12.1. The molecule has 2 aromatic heterocycles. The highest BCUT2D eigenvalue weighted by molar-refractivity contribution is 5.46. The number of aliphatic hydroxyl groups excluding tert-OH is 1. The maximum Gasteiger partial charge on any atom is 0.264 e. The molecule has 0 amide bonds. The second-order valence-electron chi connectivity index (χ2n) is 3.33. The Morgan fingerprint density at radius 1 is 1.35 bits per heavy atom. The van der Waals surface area contributed by atoms with Crippen LogP contribution < -0.4 is 0 Å². The number of pyridine rings is 1. The summed E-state index contributed by atoms with van der Waals surface area (Å²) in [6.07, 6.45) is -3.45. The molecule has 2 heterocycles. The van der Waals surface area contributed by atoms with Gasteiger partial charge in [0.25, 0.3) is 6.43 Å². The van der Waals surface area contributed by atoms with Crippen LogP contribution in [0.15, 0.2) is 28.9 Å². The summed E-state index contributed by atoms with van der Waals surface area (Å²) in [7, 11) is 0. The van der Waals surface area contributed by atoms with Crippen molar-refractivity contribution in [2.45, 2.75) is 19.0 Å². The van der Waals surface area contributed by atoms with E-state index in [-0.39, 0.29) is 18.1 Å². The summed E-state index contributed by atoms with van der Waals surface area (Å²) in [6, 6.07) is 5.13. The lowest BCUT2D eigenvalue weighted by Gasteiger charge is -2.04. The summed E-state index contributed by atoms with van der Waals surface area (Å²) in [6.45, 7) is 0. The highest BCUT2D eigenvalue weighted by atomic mass is 19.3. The monoisotopic (exact) mass is 241 g/mol. The van der Waals surface area contributed by atoms with Crippen LogP contribution in [0.5, 0.6) is 0 Å². The zero-order valence-electron chi connectivity index (χ0n) is 8.62. The topological polar surface area (TPSA) is 72.0 Å². The van der Waals surface area contributed by atoms with Crippen LogP contribution in [0.2, 0.25) is 0 Å². The van der Waals surface area contributed by atoms with Crippen LogP contribution in [0, 0.1) is 0 Å². The molecule has 0 spiro atoms. The average Bonchev–Trinajstić information content (AvgIpc) is 2.78. The zero-order valence-corrected chi connectivity index (χ0v) is 8.62. The quantitative estimate of drug-likeness (QED) is 0.873. The van der Waals surface area contributed by atoms with Crippen molar-refractivity contribution < 1.29 is 18.4 Å². The number of hydrogen-bond donors (Lipinski definition) is 1. The van der Waals surface area contributed by atoms with Crippen molar-refractivity contribution in [2.75, 3.05) is 0 Å². The van der Waals surface area contributed by atoms with Gasteiger partial charge in [-0.25, -0.2) is 8.78 Å². The zero-order chi connectivity index (χ0) is 12.3. The molecule has 0 aromatic carbocycles. The van der Waals surface area contributed by atoms with Crippen LogP contribution >= 0.6 is 0 Å². The Labute approximate surface area is 95.1 Å². The lowest BCUT2D eigenvalue weighted by molar-refractivity contribution is -0.00754. The number of halogens is 2. The minimum absolute atomic E-state index is 0.0431. The SMILES string of the molecule is OC(Cc1nc(-c2ccccn2)no1)C(F)F. The third-order valence-corrected chi connectivity index (χ3v) is 2.04. The van der Waals surface area contributed by atoms with E-state index < -0.39 is 12.5 Å². The first-order chi connectivity index (χ1) is 8.16. The molecule has 0 aliphatic carbocycles. The van der Waals surface area contributed by atoms with E-state index in [1.54, 1.807) is 24.4 Å². The van der Waals surface area contributed by atoms with Crippen molar-refractivity contribution in [3.63, 3.8) is 0 Å². The lowest BCUT2D eigenvalue weighted by Crippen LogP contribution is -2.20. The molecule has 5 nitrogen and oxygen atoms in total. The van der Waals surface area contributed by atoms with E-state index in [0.29, 0.717) is 5.69 Å². The summed E-state index contributed by atoms with van der Waals surface area (Å²) >= 11 is 0. The van der Waals surface area contributed by atoms with Gasteiger partial charge < -0.3 is 9.63 Å². The summed E-state index contributed by atoms with van der Waals surface area (Å²) in [5.41, 5.74) is 0.481. The summed E-state index contributed by atoms with van der Waals surface area (Å²) in [4.78, 5) is 7.85. The van der Waals surface area contributed by atoms with E-state index >= 15 is 0 Å². The smallest absolute Gasteiger partial charge is 0.264 e. The number of aromatic nitrogens is 3. The van der Waals surface area contributed by atoms with Gasteiger partial charge in [0.1, 0.15) is 11.8 Å². The minimum Gasteiger partial charge on any atom is -0.387 e. The van der Waals surface area contributed by atoms with E-state index in [4.69, 9.17) is 9.63 Å². The number of aliphatic hydroxyl groups is 1. The van der Waals surface area contributed by atoms with Crippen LogP contribution in [-0.2, 0) is 6.42 Å². The third-order valence-electron chi connectivity index (χ3n) is 2.04. The predicted octanol–water partition coefficient (Wildman–Crippen LogP) is 1.30. The van der Waals surface area contributed by atoms with Crippen molar-refractivity contribution >= 4 is 0 Å². The minimum atomic E-state index is -2.83. The molecule has 2 rings (SSSR count). The number of rotatable bonds is 4. The van der Waals surface area contributed by atoms with Crippen molar-refractivity contribution in [2.24, 2.45) is 0 Å². The lowest BCUT2D eigenvalue weighted by atomic mass is 10.2. The Kier molecular flexibility index (Phi) is 3.38. The molecular formula is C10H9F2N3O2. The van der Waals surface area contributed by atoms with Crippen LogP contribution in [0.1, 0.15) is 5.89 Å². The third kappa shape index (κ3) is 2.82. The fourth-order valence-corrected chi connectivity index (χ4v) is 1.20. The summed E-state index contributed by atoms with van der Waals surface area (Å²) in [5, 5.41) is 12.6. The van der Waals surface area contributed by atoms with Gasteiger partial charge in [-0.1, -0.05) is 11.2 Å². The molecule has 1 N–H and O–H groups in total. The first kappa shape index (κ1) is 11.6. The van der Waals surface area contributed by atoms with Gasteiger partial charge in [0.2, 0.25) is 11.7 Å². The standard InChI is InChI=1S/C10H9F2N3O2/c11-9(12)7(16)5-8-14-10(15-17-8)6-3-1-2-4-13-6/h1-4,7,9,16H,5H2. The molecule has 90 valence electrons. The van der Waals surface area contributed by atoms with Crippen molar-refractivity contribution in [3.8, 4) is 11.5 Å². The number of hydrogen-bond acceptors (Lipinski definition) is 5. The highest BCUT2D eigenvalue weighted by Crippen LogP contribution is 2.14. The molecule has 0 aliphatic rings. The Morgan fingerprint density at radius 3 is 2.82 bits per heavy atom. The fraction of sp³-hybridized carbons (Fsp3) is 0.300. The summed E-state index contributed by atoms with van der Waals surface area (Å²) < 4.78 is 28.9. The van der Waals surface area contributed by atoms with Crippen LogP contribution in [-0.4, -0.2) is 32.8 Å². The van der Waals surface area contributed by atoms with Gasteiger partial charge in [-0.2, -0.15) is 4.98 Å². The average molecular weight is 241 g/mol. The Bertz CT molecular complexity index is 475. The molecule has 0 fully saturated rings. The van der Waals surface area contributed by atoms with Gasteiger partial charge in [-0.05, 0) is 12.1 Å². The largest absolute Gasteiger partial charge is 0.387 e. The molecule has 0 saturated carbocycles. The second-order valence-corrected chi connectivity index (χ2v) is 3.33. The van der Waals surface area contributed by atoms with Gasteiger partial charge in [-0.3, -0.25) is 4.98 Å². The molecule has 0 aliphatic heterocycles. The van der Waals surface area contributed by atoms with Gasteiger partial charge in [0.05, 0.1) is 6.42 Å². The van der Waals surface area contributed by atoms with Crippen LogP contribution in [0.25, 0.3) is 11.5 Å². The molecule has 0 bridgehead atoms. The second kappa shape index (κ2) is 4.96. The Morgan fingerprint density at radius 2 is 2.18 bits per heavy atom. The van der Waals surface area contributed by atoms with Crippen molar-refractivity contribution in [3.05, 3.63) is 30.3 Å². The molecule has 17 heavy (non-hydrogen) atoms. The Balaban J connectivity index is 2.12.